The van der Waals surface area contributed by atoms with Crippen LogP contribution in [-0.4, -0.2) is 27.7 Å². The Morgan fingerprint density at radius 1 is 1.16 bits per heavy atom. The predicted molar refractivity (Wildman–Crippen MR) is 72.8 cm³/mol. The second-order valence-corrected chi connectivity index (χ2v) is 5.82. The normalized spacial score (nSPS) is 11.3. The third kappa shape index (κ3) is 2.85. The third-order valence-electron chi connectivity index (χ3n) is 2.62. The molecule has 0 saturated heterocycles. The van der Waals surface area contributed by atoms with Gasteiger partial charge in [0.25, 0.3) is 5.91 Å². The van der Waals surface area contributed by atoms with Crippen LogP contribution in [0.3, 0.4) is 0 Å². The Hall–Kier alpha value is -2.08. The Labute approximate surface area is 111 Å². The molecular formula is C13H13NO4S. The van der Waals surface area contributed by atoms with Crippen molar-refractivity contribution in [2.75, 3.05) is 13.4 Å². The van der Waals surface area contributed by atoms with E-state index < -0.39 is 15.9 Å². The lowest BCUT2D eigenvalue weighted by Gasteiger charge is -2.11. The first-order chi connectivity index (χ1) is 8.92. The summed E-state index contributed by atoms with van der Waals surface area (Å²) < 4.78 is 29.4. The van der Waals surface area contributed by atoms with E-state index in [1.54, 1.807) is 18.2 Å². The molecule has 1 N–H and O–H groups in total. The lowest BCUT2D eigenvalue weighted by molar-refractivity contribution is 0.0980. The molecule has 0 saturated carbocycles. The van der Waals surface area contributed by atoms with Crippen LogP contribution in [0.25, 0.3) is 10.8 Å². The molecule has 0 aliphatic heterocycles. The topological polar surface area (TPSA) is 72.5 Å². The first-order valence-electron chi connectivity index (χ1n) is 5.50. The van der Waals surface area contributed by atoms with Crippen LogP contribution < -0.4 is 9.46 Å². The minimum atomic E-state index is -3.62. The van der Waals surface area contributed by atoms with Gasteiger partial charge in [-0.05, 0) is 16.8 Å². The predicted octanol–water partition coefficient (Wildman–Crippen LogP) is 1.54. The summed E-state index contributed by atoms with van der Waals surface area (Å²) in [5.41, 5.74) is 0.214. The maximum atomic E-state index is 12.1. The van der Waals surface area contributed by atoms with E-state index in [1.165, 1.54) is 7.11 Å². The fourth-order valence-electron chi connectivity index (χ4n) is 1.88. The molecule has 2 aromatic rings. The summed E-state index contributed by atoms with van der Waals surface area (Å²) in [5.74, 6) is -0.365. The number of hydrogen-bond acceptors (Lipinski definition) is 4. The van der Waals surface area contributed by atoms with Crippen LogP contribution in [0.2, 0.25) is 0 Å². The zero-order chi connectivity index (χ0) is 14.0. The highest BCUT2D eigenvalue weighted by Crippen LogP contribution is 2.27. The van der Waals surface area contributed by atoms with Crippen molar-refractivity contribution in [2.45, 2.75) is 0 Å². The van der Waals surface area contributed by atoms with Crippen molar-refractivity contribution >= 4 is 26.7 Å². The van der Waals surface area contributed by atoms with Crippen molar-refractivity contribution in [3.8, 4) is 5.75 Å². The fourth-order valence-corrected chi connectivity index (χ4v) is 2.31. The molecule has 2 aromatic carbocycles. The molecule has 0 bridgehead atoms. The molecule has 19 heavy (non-hydrogen) atoms. The highest BCUT2D eigenvalue weighted by Gasteiger charge is 2.18. The number of carbonyl (C=O) groups is 1. The van der Waals surface area contributed by atoms with Gasteiger partial charge in [-0.15, -0.1) is 0 Å². The standard InChI is InChI=1S/C13H13NO4S/c1-18-11-8-7-9-5-3-4-6-10(9)12(11)13(15)14-19(2,16)17/h3-8H,1-2H3,(H,14,15). The number of hydrogen-bond donors (Lipinski definition) is 1. The highest BCUT2D eigenvalue weighted by molar-refractivity contribution is 7.89. The number of nitrogens with one attached hydrogen (secondary N) is 1. The van der Waals surface area contributed by atoms with E-state index in [-0.39, 0.29) is 5.56 Å². The molecule has 0 aliphatic carbocycles. The maximum Gasteiger partial charge on any atom is 0.269 e. The van der Waals surface area contributed by atoms with Gasteiger partial charge in [0.1, 0.15) is 5.75 Å². The summed E-state index contributed by atoms with van der Waals surface area (Å²) in [7, 11) is -2.19. The monoisotopic (exact) mass is 279 g/mol. The number of rotatable bonds is 3. The van der Waals surface area contributed by atoms with Crippen LogP contribution in [0.1, 0.15) is 10.4 Å². The highest BCUT2D eigenvalue weighted by atomic mass is 32.2. The molecular weight excluding hydrogens is 266 g/mol. The Morgan fingerprint density at radius 3 is 2.47 bits per heavy atom. The number of ether oxygens (including phenoxy) is 1. The van der Waals surface area contributed by atoms with Crippen molar-refractivity contribution in [1.29, 1.82) is 0 Å². The van der Waals surface area contributed by atoms with Crippen LogP contribution in [0, 0.1) is 0 Å². The number of amides is 1. The lowest BCUT2D eigenvalue weighted by Crippen LogP contribution is -2.29. The molecule has 0 radical (unpaired) electrons. The largest absolute Gasteiger partial charge is 0.496 e. The minimum absolute atomic E-state index is 0.214. The van der Waals surface area contributed by atoms with E-state index in [0.717, 1.165) is 11.6 Å². The molecule has 0 fully saturated rings. The molecule has 2 rings (SSSR count). The molecule has 0 unspecified atom stereocenters. The summed E-state index contributed by atoms with van der Waals surface area (Å²) in [6, 6.07) is 10.7. The van der Waals surface area contributed by atoms with Crippen molar-refractivity contribution < 1.29 is 17.9 Å². The van der Waals surface area contributed by atoms with E-state index in [4.69, 9.17) is 4.74 Å². The van der Waals surface area contributed by atoms with Crippen LogP contribution >= 0.6 is 0 Å². The van der Waals surface area contributed by atoms with Gasteiger partial charge in [-0.2, -0.15) is 0 Å². The van der Waals surface area contributed by atoms with E-state index in [9.17, 15) is 13.2 Å². The third-order valence-corrected chi connectivity index (χ3v) is 3.17. The second kappa shape index (κ2) is 4.89. The Morgan fingerprint density at radius 2 is 1.84 bits per heavy atom. The Kier molecular flexibility index (Phi) is 3.44. The average Bonchev–Trinajstić information content (AvgIpc) is 2.35. The molecule has 0 atom stereocenters. The average molecular weight is 279 g/mol. The van der Waals surface area contributed by atoms with Gasteiger partial charge in [-0.1, -0.05) is 30.3 Å². The molecule has 5 nitrogen and oxygen atoms in total. The SMILES string of the molecule is COc1ccc2ccccc2c1C(=O)NS(C)(=O)=O. The lowest BCUT2D eigenvalue weighted by atomic mass is 10.0. The van der Waals surface area contributed by atoms with E-state index in [0.29, 0.717) is 11.1 Å². The zero-order valence-corrected chi connectivity index (χ0v) is 11.3. The molecule has 6 heteroatoms. The number of methoxy groups -OCH3 is 1. The first kappa shape index (κ1) is 13.4. The number of benzene rings is 2. The number of fused-ring (bicyclic) bond motifs is 1. The van der Waals surface area contributed by atoms with Crippen molar-refractivity contribution in [3.05, 3.63) is 42.0 Å². The van der Waals surface area contributed by atoms with Gasteiger partial charge in [0, 0.05) is 0 Å². The maximum absolute atomic E-state index is 12.1. The summed E-state index contributed by atoms with van der Waals surface area (Å²) in [6.07, 6.45) is 0.933. The quantitative estimate of drug-likeness (QED) is 0.925. The van der Waals surface area contributed by atoms with E-state index in [2.05, 4.69) is 0 Å². The first-order valence-corrected chi connectivity index (χ1v) is 7.39. The van der Waals surface area contributed by atoms with Gasteiger partial charge in [0.15, 0.2) is 0 Å². The van der Waals surface area contributed by atoms with Crippen LogP contribution in [0.4, 0.5) is 0 Å². The van der Waals surface area contributed by atoms with Gasteiger partial charge >= 0.3 is 0 Å². The minimum Gasteiger partial charge on any atom is -0.496 e. The van der Waals surface area contributed by atoms with Crippen molar-refractivity contribution in [2.24, 2.45) is 0 Å². The molecule has 0 aliphatic rings. The Bertz CT molecular complexity index is 737. The smallest absolute Gasteiger partial charge is 0.269 e. The van der Waals surface area contributed by atoms with E-state index >= 15 is 0 Å². The van der Waals surface area contributed by atoms with Gasteiger partial charge < -0.3 is 4.74 Å². The molecule has 0 aromatic heterocycles. The fraction of sp³-hybridized carbons (Fsp3) is 0.154. The number of carbonyl (C=O) groups excluding carboxylic acids is 1. The summed E-state index contributed by atoms with van der Waals surface area (Å²) in [4.78, 5) is 12.1. The number of sulfonamides is 1. The van der Waals surface area contributed by atoms with E-state index in [1.807, 2.05) is 22.9 Å². The van der Waals surface area contributed by atoms with Crippen LogP contribution in [0.5, 0.6) is 5.75 Å². The summed E-state index contributed by atoms with van der Waals surface area (Å²) >= 11 is 0. The van der Waals surface area contributed by atoms with Gasteiger partial charge in [0.05, 0.1) is 18.9 Å². The van der Waals surface area contributed by atoms with Gasteiger partial charge in [-0.25, -0.2) is 13.1 Å². The van der Waals surface area contributed by atoms with Crippen molar-refractivity contribution in [1.82, 2.24) is 4.72 Å². The zero-order valence-electron chi connectivity index (χ0n) is 10.5. The summed E-state index contributed by atoms with van der Waals surface area (Å²) in [6.45, 7) is 0. The molecule has 100 valence electrons. The molecule has 0 heterocycles. The van der Waals surface area contributed by atoms with Gasteiger partial charge in [0.2, 0.25) is 10.0 Å². The van der Waals surface area contributed by atoms with Gasteiger partial charge in [-0.3, -0.25) is 4.79 Å². The Balaban J connectivity index is 2.65. The molecule has 1 amide bonds. The van der Waals surface area contributed by atoms with Crippen LogP contribution in [-0.2, 0) is 10.0 Å². The second-order valence-electron chi connectivity index (χ2n) is 4.07. The van der Waals surface area contributed by atoms with Crippen molar-refractivity contribution in [3.63, 3.8) is 0 Å². The van der Waals surface area contributed by atoms with Crippen LogP contribution in [0.15, 0.2) is 36.4 Å². The summed E-state index contributed by atoms with van der Waals surface area (Å²) in [5, 5.41) is 1.48. The molecule has 0 spiro atoms.